The molecule has 78 heavy (non-hydrogen) atoms. The Morgan fingerprint density at radius 2 is 0.641 bits per heavy atom. The van der Waals surface area contributed by atoms with Gasteiger partial charge in [-0.25, -0.2) is 4.79 Å². The van der Waals surface area contributed by atoms with Crippen molar-refractivity contribution >= 4 is 38.9 Å². The molecule has 0 unspecified atom stereocenters. The minimum absolute atomic E-state index is 0.0601. The summed E-state index contributed by atoms with van der Waals surface area (Å²) in [6.45, 7) is 0.994. The molecule has 0 aromatic heterocycles. The smallest absolute Gasteiger partial charge is 0.350 e. The summed E-state index contributed by atoms with van der Waals surface area (Å²) < 4.78 is 51.2. The lowest BCUT2D eigenvalue weighted by Crippen LogP contribution is -2.45. The number of rotatable bonds is 45. The van der Waals surface area contributed by atoms with Crippen molar-refractivity contribution in [2.75, 3.05) is 12.3 Å². The van der Waals surface area contributed by atoms with Crippen molar-refractivity contribution in [3.63, 3.8) is 0 Å². The zero-order chi connectivity index (χ0) is 55.4. The Balaban J connectivity index is 0.912. The molecule has 1 fully saturated rings. The van der Waals surface area contributed by atoms with Crippen molar-refractivity contribution in [3.05, 3.63) is 144 Å². The number of unbranched alkanes of at least 4 members (excludes halogenated alkanes) is 22. The molecule has 0 atom stereocenters. The van der Waals surface area contributed by atoms with Crippen molar-refractivity contribution in [1.29, 1.82) is 0 Å². The van der Waals surface area contributed by atoms with Crippen LogP contribution in [0.3, 0.4) is 0 Å². The molecule has 0 aliphatic carbocycles. The van der Waals surface area contributed by atoms with Gasteiger partial charge in [-0.1, -0.05) is 263 Å². The van der Waals surface area contributed by atoms with E-state index in [1.54, 1.807) is 0 Å². The lowest BCUT2D eigenvalue weighted by Gasteiger charge is -2.28. The molecule has 428 valence electrons. The standard InChI is InChI=1S/C63H89NO12P2/c65-59-45-46-60(66)64(59)76-62(69)63(61(67)68,47-33-17-13-9-5-1-3-7-11-15-19-35-49-77(70,72-51-55-37-25-21-26-38-55)73-52-56-39-27-22-28-40-56)48-34-18-14-10-6-2-4-8-12-16-20-36-50-78(71,74-53-57-41-29-23-30-42-57)75-54-58-43-31-24-32-44-58/h21-32,37-44H,1-20,33-36,45-54H2,(H,67,68). The molecule has 1 saturated heterocycles. The Hall–Kier alpha value is -4.74. The summed E-state index contributed by atoms with van der Waals surface area (Å²) in [4.78, 5) is 56.6. The monoisotopic (exact) mass is 1110 g/mol. The van der Waals surface area contributed by atoms with Gasteiger partial charge in [-0.3, -0.25) is 23.5 Å². The van der Waals surface area contributed by atoms with Gasteiger partial charge in [0.25, 0.3) is 11.8 Å². The first-order chi connectivity index (χ1) is 38.0. The van der Waals surface area contributed by atoms with Crippen LogP contribution in [0.4, 0.5) is 0 Å². The molecule has 1 aliphatic rings. The highest BCUT2D eigenvalue weighted by atomic mass is 31.2. The van der Waals surface area contributed by atoms with Gasteiger partial charge in [-0.2, -0.15) is 0 Å². The number of hydrogen-bond donors (Lipinski definition) is 1. The van der Waals surface area contributed by atoms with Crippen molar-refractivity contribution in [1.82, 2.24) is 5.06 Å². The van der Waals surface area contributed by atoms with Gasteiger partial charge in [0.15, 0.2) is 5.41 Å². The van der Waals surface area contributed by atoms with Gasteiger partial charge < -0.3 is 28.0 Å². The second kappa shape index (κ2) is 37.2. The number of aliphatic carboxylic acids is 1. The second-order valence-electron chi connectivity index (χ2n) is 21.0. The van der Waals surface area contributed by atoms with E-state index in [4.69, 9.17) is 22.9 Å². The first-order valence-corrected chi connectivity index (χ1v) is 32.7. The van der Waals surface area contributed by atoms with Crippen LogP contribution in [0.2, 0.25) is 0 Å². The van der Waals surface area contributed by atoms with E-state index < -0.39 is 44.4 Å². The predicted octanol–water partition coefficient (Wildman–Crippen LogP) is 17.1. The fourth-order valence-electron chi connectivity index (χ4n) is 9.78. The lowest BCUT2D eigenvalue weighted by atomic mass is 9.77. The van der Waals surface area contributed by atoms with E-state index in [-0.39, 0.29) is 52.1 Å². The Morgan fingerprint density at radius 1 is 0.397 bits per heavy atom. The number of carbonyl (C=O) groups is 4. The first-order valence-electron chi connectivity index (χ1n) is 29.2. The number of carboxylic acid groups (broad SMARTS) is 1. The molecule has 2 amide bonds. The molecule has 13 nitrogen and oxygen atoms in total. The molecular weight excluding hydrogens is 1020 g/mol. The highest BCUT2D eigenvalue weighted by molar-refractivity contribution is 7.54. The Morgan fingerprint density at radius 3 is 0.897 bits per heavy atom. The summed E-state index contributed by atoms with van der Waals surface area (Å²) >= 11 is 0. The van der Waals surface area contributed by atoms with Gasteiger partial charge in [-0.05, 0) is 47.9 Å². The third kappa shape index (κ3) is 25.2. The van der Waals surface area contributed by atoms with Gasteiger partial charge in [-0.15, -0.1) is 5.06 Å². The van der Waals surface area contributed by atoms with Crippen LogP contribution in [-0.2, 0) is 77.7 Å². The van der Waals surface area contributed by atoms with Crippen LogP contribution in [0.5, 0.6) is 0 Å². The number of benzene rings is 4. The third-order valence-corrected chi connectivity index (χ3v) is 18.5. The van der Waals surface area contributed by atoms with Crippen molar-refractivity contribution in [3.8, 4) is 0 Å². The molecule has 5 rings (SSSR count). The van der Waals surface area contributed by atoms with Gasteiger partial charge in [0.1, 0.15) is 0 Å². The van der Waals surface area contributed by atoms with Crippen molar-refractivity contribution < 1.29 is 56.3 Å². The van der Waals surface area contributed by atoms with Crippen molar-refractivity contribution in [2.45, 2.75) is 206 Å². The summed E-state index contributed by atoms with van der Waals surface area (Å²) in [7, 11) is -6.56. The molecule has 1 heterocycles. The van der Waals surface area contributed by atoms with Crippen LogP contribution in [0.25, 0.3) is 0 Å². The second-order valence-corrected chi connectivity index (χ2v) is 25.4. The first kappa shape index (κ1) is 64.1. The molecule has 0 bridgehead atoms. The van der Waals surface area contributed by atoms with Gasteiger partial charge in [0.05, 0.1) is 38.8 Å². The van der Waals surface area contributed by atoms with Crippen LogP contribution in [0.1, 0.15) is 202 Å². The summed E-state index contributed by atoms with van der Waals surface area (Å²) in [5.41, 5.74) is 2.01. The maximum atomic E-state index is 13.7. The van der Waals surface area contributed by atoms with Crippen LogP contribution >= 0.6 is 15.2 Å². The number of amides is 2. The summed E-state index contributed by atoms with van der Waals surface area (Å²) in [5, 5.41) is 11.0. The maximum absolute atomic E-state index is 13.7. The maximum Gasteiger partial charge on any atom is 0.350 e. The molecule has 1 N–H and O–H groups in total. The third-order valence-electron chi connectivity index (χ3n) is 14.6. The Kier molecular flexibility index (Phi) is 30.6. The summed E-state index contributed by atoms with van der Waals surface area (Å²) in [5.74, 6) is -3.54. The number of carboxylic acids is 1. The molecule has 4 aromatic carbocycles. The minimum atomic E-state index is -3.28. The van der Waals surface area contributed by atoms with E-state index in [2.05, 4.69) is 0 Å². The largest absolute Gasteiger partial charge is 0.480 e. The van der Waals surface area contributed by atoms with E-state index in [0.717, 1.165) is 164 Å². The zero-order valence-corrected chi connectivity index (χ0v) is 48.2. The van der Waals surface area contributed by atoms with E-state index in [1.807, 2.05) is 121 Å². The van der Waals surface area contributed by atoms with Crippen LogP contribution in [0.15, 0.2) is 121 Å². The number of hydroxylamine groups is 2. The normalized spacial score (nSPS) is 13.1. The molecule has 15 heteroatoms. The van der Waals surface area contributed by atoms with Crippen LogP contribution < -0.4 is 0 Å². The average molecular weight is 1110 g/mol. The molecule has 0 radical (unpaired) electrons. The highest BCUT2D eigenvalue weighted by Gasteiger charge is 2.49. The predicted molar refractivity (Wildman–Crippen MR) is 307 cm³/mol. The van der Waals surface area contributed by atoms with E-state index >= 15 is 0 Å². The average Bonchev–Trinajstić information content (AvgIpc) is 3.78. The Labute approximate surface area is 465 Å². The van der Waals surface area contributed by atoms with Gasteiger partial charge in [0, 0.05) is 12.8 Å². The minimum Gasteiger partial charge on any atom is -0.480 e. The molecule has 0 spiro atoms. The summed E-state index contributed by atoms with van der Waals surface area (Å²) in [6, 6.07) is 39.0. The van der Waals surface area contributed by atoms with Crippen LogP contribution in [0, 0.1) is 5.41 Å². The fraction of sp³-hybridized carbons (Fsp3) is 0.556. The SMILES string of the molecule is O=C1CCC(=O)N1OC(=O)C(CCCCCCCCCCCCCCP(=O)(OCc1ccccc1)OCc1ccccc1)(CCCCCCCCCCCCCCP(=O)(OCc1ccccc1)OCc1ccccc1)C(=O)O. The number of nitrogens with zero attached hydrogens (tertiary/aromatic N) is 1. The van der Waals surface area contributed by atoms with Gasteiger partial charge in [0.2, 0.25) is 0 Å². The molecule has 0 saturated carbocycles. The molecule has 4 aromatic rings. The topological polar surface area (TPSA) is 172 Å². The van der Waals surface area contributed by atoms with E-state index in [0.29, 0.717) is 30.2 Å². The van der Waals surface area contributed by atoms with E-state index in [9.17, 15) is 33.4 Å². The summed E-state index contributed by atoms with van der Waals surface area (Å²) in [6.07, 6.45) is 24.0. The molecule has 1 aliphatic heterocycles. The molecular formula is C63H89NO12P2. The quantitative estimate of drug-likeness (QED) is 0.0192. The zero-order valence-electron chi connectivity index (χ0n) is 46.4. The number of hydrogen-bond acceptors (Lipinski definition) is 11. The Bertz CT molecular complexity index is 2150. The van der Waals surface area contributed by atoms with Crippen LogP contribution in [-0.4, -0.2) is 46.2 Å². The number of imide groups is 1. The highest BCUT2D eigenvalue weighted by Crippen LogP contribution is 2.52. The number of carbonyl (C=O) groups excluding carboxylic acids is 3. The fourth-order valence-corrected chi connectivity index (χ4v) is 13.0. The lowest BCUT2D eigenvalue weighted by molar-refractivity contribution is -0.208. The van der Waals surface area contributed by atoms with Gasteiger partial charge >= 0.3 is 27.1 Å². The van der Waals surface area contributed by atoms with Crippen molar-refractivity contribution in [2.24, 2.45) is 5.41 Å². The van der Waals surface area contributed by atoms with E-state index in [1.165, 1.54) is 0 Å².